The molecule has 0 radical (unpaired) electrons. The van der Waals surface area contributed by atoms with Crippen LogP contribution in [0.3, 0.4) is 0 Å². The van der Waals surface area contributed by atoms with Gasteiger partial charge in [0, 0.05) is 0 Å². The second-order valence-corrected chi connectivity index (χ2v) is 3.76. The first-order chi connectivity index (χ1) is 7.25. The highest BCUT2D eigenvalue weighted by molar-refractivity contribution is 5.88. The molecule has 0 N–H and O–H groups in total. The molecule has 15 heavy (non-hydrogen) atoms. The third-order valence-electron chi connectivity index (χ3n) is 2.48. The summed E-state index contributed by atoms with van der Waals surface area (Å²) in [5.41, 5.74) is 0.445. The molecular weight excluding hydrogens is 196 g/mol. The minimum absolute atomic E-state index is 0.0517. The Labute approximate surface area is 88.2 Å². The predicted octanol–water partition coefficient (Wildman–Crippen LogP) is 2.00. The molecule has 2 heterocycles. The first-order valence-corrected chi connectivity index (χ1v) is 5.10. The SMILES string of the molecule is C[C@@H]1CC[C@@H](COC(=O)c2ccoc2)O1. The van der Waals surface area contributed by atoms with E-state index in [1.165, 1.54) is 12.5 Å². The molecule has 1 fully saturated rings. The molecule has 1 aliphatic rings. The van der Waals surface area contributed by atoms with Gasteiger partial charge < -0.3 is 13.9 Å². The maximum Gasteiger partial charge on any atom is 0.341 e. The summed E-state index contributed by atoms with van der Waals surface area (Å²) < 4.78 is 15.4. The standard InChI is InChI=1S/C11H14O4/c1-8-2-3-10(15-8)7-14-11(12)9-4-5-13-6-9/h4-6,8,10H,2-3,7H2,1H3/t8-,10+/m1/s1. The van der Waals surface area contributed by atoms with Crippen molar-refractivity contribution < 1.29 is 18.7 Å². The van der Waals surface area contributed by atoms with Crippen LogP contribution in [-0.2, 0) is 9.47 Å². The summed E-state index contributed by atoms with van der Waals surface area (Å²) in [4.78, 5) is 11.4. The Morgan fingerprint density at radius 3 is 3.07 bits per heavy atom. The molecule has 1 saturated heterocycles. The van der Waals surface area contributed by atoms with Gasteiger partial charge in [-0.15, -0.1) is 0 Å². The van der Waals surface area contributed by atoms with Gasteiger partial charge in [0.1, 0.15) is 12.9 Å². The average Bonchev–Trinajstić information content (AvgIpc) is 2.84. The van der Waals surface area contributed by atoms with Crippen molar-refractivity contribution >= 4 is 5.97 Å². The summed E-state index contributed by atoms with van der Waals surface area (Å²) in [6.45, 7) is 2.35. The quantitative estimate of drug-likeness (QED) is 0.716. The van der Waals surface area contributed by atoms with Crippen molar-refractivity contribution in [2.45, 2.75) is 32.0 Å². The topological polar surface area (TPSA) is 48.7 Å². The van der Waals surface area contributed by atoms with Gasteiger partial charge in [0.05, 0.1) is 24.0 Å². The Morgan fingerprint density at radius 1 is 1.60 bits per heavy atom. The molecule has 0 spiro atoms. The fourth-order valence-corrected chi connectivity index (χ4v) is 1.64. The van der Waals surface area contributed by atoms with Crippen LogP contribution in [0.5, 0.6) is 0 Å². The Morgan fingerprint density at radius 2 is 2.47 bits per heavy atom. The molecule has 0 saturated carbocycles. The lowest BCUT2D eigenvalue weighted by molar-refractivity contribution is -0.00269. The molecule has 0 amide bonds. The van der Waals surface area contributed by atoms with Gasteiger partial charge >= 0.3 is 5.97 Å². The van der Waals surface area contributed by atoms with Gasteiger partial charge in [-0.3, -0.25) is 0 Å². The second-order valence-electron chi connectivity index (χ2n) is 3.76. The third-order valence-corrected chi connectivity index (χ3v) is 2.48. The van der Waals surface area contributed by atoms with Crippen molar-refractivity contribution in [2.75, 3.05) is 6.61 Å². The van der Waals surface area contributed by atoms with Crippen LogP contribution in [0, 0.1) is 0 Å². The lowest BCUT2D eigenvalue weighted by Gasteiger charge is -2.10. The molecule has 4 nitrogen and oxygen atoms in total. The Bertz CT molecular complexity index is 317. The number of ether oxygens (including phenoxy) is 2. The van der Waals surface area contributed by atoms with E-state index in [0.717, 1.165) is 12.8 Å². The van der Waals surface area contributed by atoms with Crippen LogP contribution < -0.4 is 0 Å². The van der Waals surface area contributed by atoms with Crippen molar-refractivity contribution in [2.24, 2.45) is 0 Å². The number of esters is 1. The van der Waals surface area contributed by atoms with Crippen LogP contribution >= 0.6 is 0 Å². The smallest absolute Gasteiger partial charge is 0.341 e. The van der Waals surface area contributed by atoms with Gasteiger partial charge in [-0.05, 0) is 25.8 Å². The summed E-state index contributed by atoms with van der Waals surface area (Å²) in [6.07, 6.45) is 5.15. The Kier molecular flexibility index (Phi) is 3.06. The highest BCUT2D eigenvalue weighted by atomic mass is 16.6. The van der Waals surface area contributed by atoms with Gasteiger partial charge in [0.15, 0.2) is 0 Å². The van der Waals surface area contributed by atoms with E-state index in [9.17, 15) is 4.79 Å². The zero-order chi connectivity index (χ0) is 10.7. The van der Waals surface area contributed by atoms with Gasteiger partial charge in [-0.2, -0.15) is 0 Å². The zero-order valence-corrected chi connectivity index (χ0v) is 8.64. The fourth-order valence-electron chi connectivity index (χ4n) is 1.64. The van der Waals surface area contributed by atoms with Crippen LogP contribution in [0.4, 0.5) is 0 Å². The normalized spacial score (nSPS) is 25.4. The van der Waals surface area contributed by atoms with Crippen molar-refractivity contribution in [1.82, 2.24) is 0 Å². The van der Waals surface area contributed by atoms with Crippen molar-refractivity contribution in [1.29, 1.82) is 0 Å². The number of furan rings is 1. The maximum atomic E-state index is 11.4. The monoisotopic (exact) mass is 210 g/mol. The molecule has 1 aliphatic heterocycles. The summed E-state index contributed by atoms with van der Waals surface area (Å²) in [5, 5.41) is 0. The van der Waals surface area contributed by atoms with E-state index in [1.807, 2.05) is 6.92 Å². The molecular formula is C11H14O4. The number of hydrogen-bond acceptors (Lipinski definition) is 4. The van der Waals surface area contributed by atoms with E-state index in [1.54, 1.807) is 6.07 Å². The summed E-state index contributed by atoms with van der Waals surface area (Å²) in [6, 6.07) is 1.58. The largest absolute Gasteiger partial charge is 0.472 e. The summed E-state index contributed by atoms with van der Waals surface area (Å²) in [5.74, 6) is -0.355. The van der Waals surface area contributed by atoms with Crippen molar-refractivity contribution in [3.63, 3.8) is 0 Å². The number of carbonyl (C=O) groups excluding carboxylic acids is 1. The maximum absolute atomic E-state index is 11.4. The number of carbonyl (C=O) groups is 1. The molecule has 0 bridgehead atoms. The molecule has 0 aliphatic carbocycles. The van der Waals surface area contributed by atoms with Crippen molar-refractivity contribution in [3.05, 3.63) is 24.2 Å². The predicted molar refractivity (Wildman–Crippen MR) is 52.6 cm³/mol. The van der Waals surface area contributed by atoms with Crippen LogP contribution in [-0.4, -0.2) is 24.8 Å². The van der Waals surface area contributed by atoms with Gasteiger partial charge in [0.2, 0.25) is 0 Å². The van der Waals surface area contributed by atoms with Crippen molar-refractivity contribution in [3.8, 4) is 0 Å². The van der Waals surface area contributed by atoms with Crippen LogP contribution in [0.15, 0.2) is 23.0 Å². The van der Waals surface area contributed by atoms with E-state index in [4.69, 9.17) is 13.9 Å². The second kappa shape index (κ2) is 4.49. The first kappa shape index (κ1) is 10.2. The van der Waals surface area contributed by atoms with Gasteiger partial charge in [-0.25, -0.2) is 4.79 Å². The molecule has 1 aromatic rings. The Balaban J connectivity index is 1.76. The summed E-state index contributed by atoms with van der Waals surface area (Å²) >= 11 is 0. The average molecular weight is 210 g/mol. The molecule has 2 rings (SSSR count). The van der Waals surface area contributed by atoms with Gasteiger partial charge in [-0.1, -0.05) is 0 Å². The minimum atomic E-state index is -0.355. The lowest BCUT2D eigenvalue weighted by atomic mass is 10.2. The van der Waals surface area contributed by atoms with E-state index in [0.29, 0.717) is 12.2 Å². The molecule has 0 aromatic carbocycles. The minimum Gasteiger partial charge on any atom is -0.472 e. The van der Waals surface area contributed by atoms with E-state index in [2.05, 4.69) is 0 Å². The van der Waals surface area contributed by atoms with Crippen LogP contribution in [0.2, 0.25) is 0 Å². The molecule has 0 unspecified atom stereocenters. The number of rotatable bonds is 3. The zero-order valence-electron chi connectivity index (χ0n) is 8.64. The molecule has 1 aromatic heterocycles. The van der Waals surface area contributed by atoms with Gasteiger partial charge in [0.25, 0.3) is 0 Å². The Hall–Kier alpha value is -1.29. The first-order valence-electron chi connectivity index (χ1n) is 5.10. The highest BCUT2D eigenvalue weighted by Gasteiger charge is 2.23. The van der Waals surface area contributed by atoms with Crippen LogP contribution in [0.1, 0.15) is 30.1 Å². The molecule has 4 heteroatoms. The van der Waals surface area contributed by atoms with E-state index < -0.39 is 0 Å². The fraction of sp³-hybridized carbons (Fsp3) is 0.545. The molecule has 2 atom stereocenters. The van der Waals surface area contributed by atoms with E-state index >= 15 is 0 Å². The summed E-state index contributed by atoms with van der Waals surface area (Å²) in [7, 11) is 0. The van der Waals surface area contributed by atoms with Crippen LogP contribution in [0.25, 0.3) is 0 Å². The third kappa shape index (κ3) is 2.59. The highest BCUT2D eigenvalue weighted by Crippen LogP contribution is 2.19. The molecule has 82 valence electrons. The lowest BCUT2D eigenvalue weighted by Crippen LogP contribution is -2.18. The van der Waals surface area contributed by atoms with E-state index in [-0.39, 0.29) is 18.2 Å². The number of hydrogen-bond donors (Lipinski definition) is 0.